The second kappa shape index (κ2) is 5.89. The van der Waals surface area contributed by atoms with Crippen LogP contribution in [0.4, 0.5) is 8.78 Å². The molecule has 2 amide bonds. The molecule has 0 saturated carbocycles. The van der Waals surface area contributed by atoms with E-state index in [2.05, 4.69) is 0 Å². The maximum atomic E-state index is 13.6. The number of hydrogen-bond donors (Lipinski definition) is 1. The Morgan fingerprint density at radius 2 is 1.43 bits per heavy atom. The number of carbonyl (C=O) groups is 2. The van der Waals surface area contributed by atoms with Crippen molar-refractivity contribution >= 4 is 11.8 Å². The van der Waals surface area contributed by atoms with Gasteiger partial charge in [-0.1, -0.05) is 18.2 Å². The summed E-state index contributed by atoms with van der Waals surface area (Å²) < 4.78 is 27.3. The smallest absolute Gasteiger partial charge is 0.261 e. The molecule has 0 spiro atoms. The van der Waals surface area contributed by atoms with Crippen molar-refractivity contribution in [3.63, 3.8) is 0 Å². The molecule has 0 radical (unpaired) electrons. The molecule has 1 heterocycles. The van der Waals surface area contributed by atoms with Crippen molar-refractivity contribution in [2.75, 3.05) is 6.54 Å². The number of fused-ring (bicyclic) bond motifs is 1. The van der Waals surface area contributed by atoms with Crippen LogP contribution in [0, 0.1) is 11.6 Å². The lowest BCUT2D eigenvalue weighted by Gasteiger charge is -2.19. The van der Waals surface area contributed by atoms with E-state index in [1.807, 2.05) is 0 Å². The second-order valence-corrected chi connectivity index (χ2v) is 5.43. The van der Waals surface area contributed by atoms with Crippen molar-refractivity contribution < 1.29 is 18.4 Å². The van der Waals surface area contributed by atoms with Crippen LogP contribution in [0.3, 0.4) is 0 Å². The van der Waals surface area contributed by atoms with Gasteiger partial charge in [0.05, 0.1) is 11.1 Å². The third-order valence-corrected chi connectivity index (χ3v) is 3.82. The van der Waals surface area contributed by atoms with Gasteiger partial charge in [0, 0.05) is 18.2 Å². The van der Waals surface area contributed by atoms with E-state index in [4.69, 9.17) is 5.73 Å². The summed E-state index contributed by atoms with van der Waals surface area (Å²) in [5, 5.41) is 0. The molecule has 0 fully saturated rings. The van der Waals surface area contributed by atoms with Crippen LogP contribution < -0.4 is 5.73 Å². The molecular weight excluding hydrogens is 302 g/mol. The van der Waals surface area contributed by atoms with Crippen LogP contribution in [0.2, 0.25) is 0 Å². The van der Waals surface area contributed by atoms with E-state index in [-0.39, 0.29) is 18.5 Å². The summed E-state index contributed by atoms with van der Waals surface area (Å²) in [6, 6.07) is 9.27. The van der Waals surface area contributed by atoms with Crippen molar-refractivity contribution in [2.45, 2.75) is 12.5 Å². The Balaban J connectivity index is 1.76. The molecule has 4 nitrogen and oxygen atoms in total. The fourth-order valence-electron chi connectivity index (χ4n) is 2.69. The van der Waals surface area contributed by atoms with Crippen LogP contribution in [0.5, 0.6) is 0 Å². The summed E-state index contributed by atoms with van der Waals surface area (Å²) >= 11 is 0. The molecule has 0 bridgehead atoms. The maximum Gasteiger partial charge on any atom is 0.261 e. The van der Waals surface area contributed by atoms with E-state index in [9.17, 15) is 18.4 Å². The lowest BCUT2D eigenvalue weighted by Crippen LogP contribution is -2.42. The predicted octanol–water partition coefficient (Wildman–Crippen LogP) is 2.13. The summed E-state index contributed by atoms with van der Waals surface area (Å²) in [7, 11) is 0. The first-order valence-corrected chi connectivity index (χ1v) is 7.12. The van der Waals surface area contributed by atoms with Gasteiger partial charge in [-0.3, -0.25) is 14.5 Å². The number of rotatable bonds is 4. The first-order valence-electron chi connectivity index (χ1n) is 7.12. The zero-order valence-electron chi connectivity index (χ0n) is 12.1. The monoisotopic (exact) mass is 316 g/mol. The van der Waals surface area contributed by atoms with Crippen molar-refractivity contribution in [3.05, 3.63) is 70.8 Å². The highest BCUT2D eigenvalue weighted by atomic mass is 19.1. The summed E-state index contributed by atoms with van der Waals surface area (Å²) in [6.07, 6.45) is -0.105. The van der Waals surface area contributed by atoms with E-state index < -0.39 is 29.5 Å². The topological polar surface area (TPSA) is 63.4 Å². The van der Waals surface area contributed by atoms with Crippen molar-refractivity contribution in [1.29, 1.82) is 0 Å². The van der Waals surface area contributed by atoms with Gasteiger partial charge in [-0.05, 0) is 30.7 Å². The standard InChI is InChI=1S/C17H14F2N2O2/c18-14-6-3-7-15(19)13(14)8-10(20)9-21-16(22)11-4-1-2-5-12(11)17(21)23/h1-7,10H,8-9,20H2/t10-/m1/s1. The Morgan fingerprint density at radius 3 is 1.96 bits per heavy atom. The number of halogens is 2. The number of benzene rings is 2. The molecule has 0 aromatic heterocycles. The molecule has 1 aliphatic heterocycles. The van der Waals surface area contributed by atoms with Gasteiger partial charge in [0.1, 0.15) is 11.6 Å². The largest absolute Gasteiger partial charge is 0.326 e. The molecule has 6 heteroatoms. The van der Waals surface area contributed by atoms with Crippen LogP contribution in [0.15, 0.2) is 42.5 Å². The van der Waals surface area contributed by atoms with Crippen LogP contribution in [0.1, 0.15) is 26.3 Å². The molecule has 2 aromatic rings. The molecule has 1 atom stereocenters. The van der Waals surface area contributed by atoms with E-state index in [0.29, 0.717) is 11.1 Å². The molecule has 0 saturated heterocycles. The highest BCUT2D eigenvalue weighted by Gasteiger charge is 2.35. The van der Waals surface area contributed by atoms with E-state index in [0.717, 1.165) is 17.0 Å². The zero-order chi connectivity index (χ0) is 16.6. The normalized spacial score (nSPS) is 15.0. The quantitative estimate of drug-likeness (QED) is 0.879. The molecule has 0 aliphatic carbocycles. The van der Waals surface area contributed by atoms with Gasteiger partial charge in [-0.15, -0.1) is 0 Å². The van der Waals surface area contributed by atoms with Crippen LogP contribution in [-0.2, 0) is 6.42 Å². The number of hydrogen-bond acceptors (Lipinski definition) is 3. The highest BCUT2D eigenvalue weighted by Crippen LogP contribution is 2.23. The predicted molar refractivity (Wildman–Crippen MR) is 79.8 cm³/mol. The van der Waals surface area contributed by atoms with E-state index in [1.54, 1.807) is 24.3 Å². The van der Waals surface area contributed by atoms with Gasteiger partial charge in [0.15, 0.2) is 0 Å². The first-order chi connectivity index (χ1) is 11.0. The highest BCUT2D eigenvalue weighted by molar-refractivity contribution is 6.21. The summed E-state index contributed by atoms with van der Waals surface area (Å²) in [6.45, 7) is -0.0971. The average Bonchev–Trinajstić information content (AvgIpc) is 2.77. The van der Waals surface area contributed by atoms with Crippen molar-refractivity contribution in [1.82, 2.24) is 4.90 Å². The van der Waals surface area contributed by atoms with Crippen LogP contribution in [0.25, 0.3) is 0 Å². The molecule has 1 aliphatic rings. The lowest BCUT2D eigenvalue weighted by atomic mass is 10.0. The van der Waals surface area contributed by atoms with Gasteiger partial charge in [-0.2, -0.15) is 0 Å². The minimum Gasteiger partial charge on any atom is -0.326 e. The molecule has 118 valence electrons. The number of carbonyl (C=O) groups excluding carboxylic acids is 2. The minimum absolute atomic E-state index is 0.0971. The molecule has 2 aromatic carbocycles. The molecule has 0 unspecified atom stereocenters. The molecule has 3 rings (SSSR count). The Hall–Kier alpha value is -2.60. The maximum absolute atomic E-state index is 13.6. The summed E-state index contributed by atoms with van der Waals surface area (Å²) in [5.74, 6) is -2.25. The minimum atomic E-state index is -0.761. The molecule has 2 N–H and O–H groups in total. The molecule has 23 heavy (non-hydrogen) atoms. The Kier molecular flexibility index (Phi) is 3.92. The summed E-state index contributed by atoms with van der Waals surface area (Å²) in [4.78, 5) is 25.5. The van der Waals surface area contributed by atoms with Crippen LogP contribution >= 0.6 is 0 Å². The zero-order valence-corrected chi connectivity index (χ0v) is 12.1. The average molecular weight is 316 g/mol. The fourth-order valence-corrected chi connectivity index (χ4v) is 2.69. The van der Waals surface area contributed by atoms with Gasteiger partial charge >= 0.3 is 0 Å². The number of nitrogens with two attached hydrogens (primary N) is 1. The Morgan fingerprint density at radius 1 is 0.913 bits per heavy atom. The SMILES string of the molecule is N[C@H](Cc1c(F)cccc1F)CN1C(=O)c2ccccc2C1=O. The van der Waals surface area contributed by atoms with Crippen molar-refractivity contribution in [3.8, 4) is 0 Å². The Labute approximate surface area is 131 Å². The van der Waals surface area contributed by atoms with Gasteiger partial charge in [0.25, 0.3) is 11.8 Å². The van der Waals surface area contributed by atoms with E-state index >= 15 is 0 Å². The van der Waals surface area contributed by atoms with Gasteiger partial charge in [-0.25, -0.2) is 8.78 Å². The van der Waals surface area contributed by atoms with Gasteiger partial charge < -0.3 is 5.73 Å². The molecular formula is C17H14F2N2O2. The summed E-state index contributed by atoms with van der Waals surface area (Å²) in [5.41, 5.74) is 6.40. The third kappa shape index (κ3) is 2.73. The van der Waals surface area contributed by atoms with Crippen molar-refractivity contribution in [2.24, 2.45) is 5.73 Å². The first kappa shape index (κ1) is 15.3. The van der Waals surface area contributed by atoms with E-state index in [1.165, 1.54) is 6.07 Å². The number of imide groups is 1. The number of nitrogens with zero attached hydrogens (tertiary/aromatic N) is 1. The lowest BCUT2D eigenvalue weighted by molar-refractivity contribution is 0.0644. The fraction of sp³-hybridized carbons (Fsp3) is 0.176. The third-order valence-electron chi connectivity index (χ3n) is 3.82. The number of amides is 2. The Bertz CT molecular complexity index is 737. The van der Waals surface area contributed by atoms with Crippen LogP contribution in [-0.4, -0.2) is 29.3 Å². The van der Waals surface area contributed by atoms with Gasteiger partial charge in [0.2, 0.25) is 0 Å². The second-order valence-electron chi connectivity index (χ2n) is 5.43.